The van der Waals surface area contributed by atoms with Gasteiger partial charge in [0.05, 0.1) is 6.42 Å². The number of amides is 1. The molecule has 0 aliphatic heterocycles. The Morgan fingerprint density at radius 2 is 1.75 bits per heavy atom. The highest BCUT2D eigenvalue weighted by Gasteiger charge is 2.66. The van der Waals surface area contributed by atoms with Crippen molar-refractivity contribution in [1.82, 2.24) is 5.32 Å². The van der Waals surface area contributed by atoms with Gasteiger partial charge in [-0.2, -0.15) is 0 Å². The number of carboxylic acids is 1. The van der Waals surface area contributed by atoms with Crippen LogP contribution in [0.4, 0.5) is 0 Å². The predicted molar refractivity (Wildman–Crippen MR) is 128 cm³/mol. The van der Waals surface area contributed by atoms with Gasteiger partial charge in [0, 0.05) is 18.3 Å². The van der Waals surface area contributed by atoms with Gasteiger partial charge in [-0.15, -0.1) is 0 Å². The molecule has 9 nitrogen and oxygen atoms in total. The van der Waals surface area contributed by atoms with Crippen molar-refractivity contribution in [3.63, 3.8) is 0 Å². The van der Waals surface area contributed by atoms with E-state index in [1.807, 2.05) is 13.0 Å². The number of aliphatic hydroxyl groups is 1. The highest BCUT2D eigenvalue weighted by Crippen LogP contribution is 2.67. The molecule has 198 valence electrons. The maximum atomic E-state index is 13.2. The quantitative estimate of drug-likeness (QED) is 0.428. The van der Waals surface area contributed by atoms with E-state index in [0.717, 1.165) is 32.1 Å². The van der Waals surface area contributed by atoms with Gasteiger partial charge in [-0.1, -0.05) is 19.4 Å². The van der Waals surface area contributed by atoms with Crippen LogP contribution in [0, 0.1) is 28.6 Å². The van der Waals surface area contributed by atoms with Crippen LogP contribution in [0.1, 0.15) is 78.1 Å². The summed E-state index contributed by atoms with van der Waals surface area (Å²) in [5.41, 5.74) is -0.885. The van der Waals surface area contributed by atoms with Crippen molar-refractivity contribution < 1.29 is 38.9 Å². The summed E-state index contributed by atoms with van der Waals surface area (Å²) in [6.07, 6.45) is 7.32. The van der Waals surface area contributed by atoms with E-state index in [-0.39, 0.29) is 30.0 Å². The molecule has 0 spiro atoms. The fraction of sp³-hybridized carbons (Fsp3) is 0.741. The fourth-order valence-corrected chi connectivity index (χ4v) is 7.85. The summed E-state index contributed by atoms with van der Waals surface area (Å²) >= 11 is 0. The van der Waals surface area contributed by atoms with Crippen LogP contribution in [0.3, 0.4) is 0 Å². The Hall–Kier alpha value is -2.55. The normalized spacial score (nSPS) is 37.1. The molecule has 4 aliphatic rings. The zero-order valence-electron chi connectivity index (χ0n) is 21.1. The zero-order valence-corrected chi connectivity index (χ0v) is 21.1. The number of nitrogens with one attached hydrogen (secondary N) is 1. The van der Waals surface area contributed by atoms with Gasteiger partial charge in [-0.05, 0) is 74.2 Å². The third-order valence-electron chi connectivity index (χ3n) is 9.93. The van der Waals surface area contributed by atoms with Gasteiger partial charge in [0.25, 0.3) is 0 Å². The number of hydrogen-bond acceptors (Lipinski definition) is 7. The zero-order chi connectivity index (χ0) is 26.3. The molecular weight excluding hydrogens is 466 g/mol. The summed E-state index contributed by atoms with van der Waals surface area (Å²) in [5.74, 6) is -1.79. The van der Waals surface area contributed by atoms with E-state index in [0.29, 0.717) is 31.1 Å². The standard InChI is InChI=1S/C27H37NO8/c1-25-10-7-17(29)13-16(25)3-4-18-19(25)8-11-26(2)20(18)9-12-27(26,35)21(30)15-36-24(34)6-5-22(31)28-14-23(32)33/h13,18-20,35H,3-12,14-15H2,1-2H3,(H,28,31)(H,32,33)/t18-,19+,20+,25-,26+,27+/m0/s1. The second kappa shape index (κ2) is 9.72. The van der Waals surface area contributed by atoms with Crippen molar-refractivity contribution in [3.05, 3.63) is 11.6 Å². The maximum Gasteiger partial charge on any atom is 0.322 e. The number of carbonyl (C=O) groups is 5. The van der Waals surface area contributed by atoms with Gasteiger partial charge in [0.2, 0.25) is 11.7 Å². The Labute approximate surface area is 211 Å². The molecule has 0 aromatic carbocycles. The third-order valence-corrected chi connectivity index (χ3v) is 9.93. The summed E-state index contributed by atoms with van der Waals surface area (Å²) in [7, 11) is 0. The van der Waals surface area contributed by atoms with Crippen LogP contribution in [-0.2, 0) is 28.7 Å². The number of esters is 1. The number of rotatable bonds is 8. The summed E-state index contributed by atoms with van der Waals surface area (Å²) in [4.78, 5) is 59.4. The number of hydrogen-bond donors (Lipinski definition) is 3. The second-order valence-corrected chi connectivity index (χ2v) is 11.6. The molecule has 3 N–H and O–H groups in total. The molecule has 0 aromatic rings. The number of fused-ring (bicyclic) bond motifs is 5. The van der Waals surface area contributed by atoms with Crippen molar-refractivity contribution in [1.29, 1.82) is 0 Å². The molecule has 0 radical (unpaired) electrons. The van der Waals surface area contributed by atoms with Crippen molar-refractivity contribution in [2.45, 2.75) is 83.7 Å². The molecule has 1 amide bonds. The molecule has 4 aliphatic carbocycles. The SMILES string of the molecule is C[C@]12CCC(=O)C=C1CC[C@H]1[C@H]2CC[C@]2(C)[C@@H]1CC[C@@]2(O)C(=O)COC(=O)CCC(=O)NCC(=O)O. The van der Waals surface area contributed by atoms with Crippen LogP contribution >= 0.6 is 0 Å². The van der Waals surface area contributed by atoms with Crippen LogP contribution in [-0.4, -0.2) is 58.4 Å². The topological polar surface area (TPSA) is 147 Å². The minimum absolute atomic E-state index is 0.00909. The molecule has 0 heterocycles. The first-order valence-corrected chi connectivity index (χ1v) is 13.0. The number of allylic oxidation sites excluding steroid dienone is 1. The van der Waals surface area contributed by atoms with Gasteiger partial charge in [-0.25, -0.2) is 0 Å². The van der Waals surface area contributed by atoms with E-state index in [4.69, 9.17) is 9.84 Å². The van der Waals surface area contributed by atoms with Crippen molar-refractivity contribution >= 4 is 29.4 Å². The Kier molecular flexibility index (Phi) is 7.16. The smallest absolute Gasteiger partial charge is 0.322 e. The molecule has 9 heteroatoms. The average molecular weight is 504 g/mol. The van der Waals surface area contributed by atoms with Gasteiger partial charge < -0.3 is 20.3 Å². The lowest BCUT2D eigenvalue weighted by atomic mass is 9.46. The molecule has 36 heavy (non-hydrogen) atoms. The Morgan fingerprint density at radius 1 is 1.03 bits per heavy atom. The number of Topliss-reactive ketones (excluding diaryl/α,β-unsaturated/α-hetero) is 1. The summed E-state index contributed by atoms with van der Waals surface area (Å²) in [5, 5.41) is 22.4. The molecule has 3 saturated carbocycles. The van der Waals surface area contributed by atoms with Gasteiger partial charge >= 0.3 is 11.9 Å². The van der Waals surface area contributed by atoms with E-state index >= 15 is 0 Å². The third kappa shape index (κ3) is 4.51. The highest BCUT2D eigenvalue weighted by atomic mass is 16.5. The molecule has 0 unspecified atom stereocenters. The highest BCUT2D eigenvalue weighted by molar-refractivity contribution is 5.92. The Bertz CT molecular complexity index is 1000. The van der Waals surface area contributed by atoms with E-state index in [9.17, 15) is 29.1 Å². The lowest BCUT2D eigenvalue weighted by Crippen LogP contribution is -2.58. The Morgan fingerprint density at radius 3 is 2.47 bits per heavy atom. The predicted octanol–water partition coefficient (Wildman–Crippen LogP) is 2.34. The number of ketones is 2. The first kappa shape index (κ1) is 26.5. The average Bonchev–Trinajstić information content (AvgIpc) is 3.12. The van der Waals surface area contributed by atoms with Crippen LogP contribution < -0.4 is 5.32 Å². The largest absolute Gasteiger partial charge is 0.480 e. The number of aliphatic carboxylic acids is 1. The minimum Gasteiger partial charge on any atom is -0.480 e. The van der Waals surface area contributed by atoms with Gasteiger partial charge in [0.15, 0.2) is 12.4 Å². The molecule has 0 bridgehead atoms. The van der Waals surface area contributed by atoms with Crippen molar-refractivity contribution in [2.75, 3.05) is 13.2 Å². The Balaban J connectivity index is 1.37. The monoisotopic (exact) mass is 503 g/mol. The first-order valence-electron chi connectivity index (χ1n) is 13.0. The lowest BCUT2D eigenvalue weighted by molar-refractivity contribution is -0.170. The van der Waals surface area contributed by atoms with E-state index in [1.54, 1.807) is 0 Å². The first-order chi connectivity index (χ1) is 16.9. The van der Waals surface area contributed by atoms with E-state index in [2.05, 4.69) is 12.2 Å². The van der Waals surface area contributed by atoms with Crippen LogP contribution in [0.2, 0.25) is 0 Å². The van der Waals surface area contributed by atoms with Crippen LogP contribution in [0.15, 0.2) is 11.6 Å². The van der Waals surface area contributed by atoms with Gasteiger partial charge in [0.1, 0.15) is 12.1 Å². The molecule has 4 rings (SSSR count). The van der Waals surface area contributed by atoms with Crippen molar-refractivity contribution in [2.24, 2.45) is 28.6 Å². The maximum absolute atomic E-state index is 13.2. The molecule has 0 saturated heterocycles. The summed E-state index contributed by atoms with van der Waals surface area (Å²) in [6.45, 7) is 3.22. The van der Waals surface area contributed by atoms with Gasteiger partial charge in [-0.3, -0.25) is 24.0 Å². The van der Waals surface area contributed by atoms with Crippen molar-refractivity contribution in [3.8, 4) is 0 Å². The minimum atomic E-state index is -1.57. The van der Waals surface area contributed by atoms with E-state index in [1.165, 1.54) is 5.57 Å². The summed E-state index contributed by atoms with van der Waals surface area (Å²) < 4.78 is 5.10. The molecular formula is C27H37NO8. The second-order valence-electron chi connectivity index (χ2n) is 11.6. The molecule has 6 atom stereocenters. The van der Waals surface area contributed by atoms with E-state index < -0.39 is 47.8 Å². The lowest BCUT2D eigenvalue weighted by Gasteiger charge is -2.58. The number of carbonyl (C=O) groups excluding carboxylic acids is 4. The van der Waals surface area contributed by atoms with Crippen LogP contribution in [0.5, 0.6) is 0 Å². The summed E-state index contributed by atoms with van der Waals surface area (Å²) in [6, 6.07) is 0. The van der Waals surface area contributed by atoms with Crippen LogP contribution in [0.25, 0.3) is 0 Å². The molecule has 0 aromatic heterocycles. The fourth-order valence-electron chi connectivity index (χ4n) is 7.85. The number of ether oxygens (including phenoxy) is 1. The molecule has 3 fully saturated rings. The number of carboxylic acid groups (broad SMARTS) is 1.